The number of Topliss-reactive ketones (excluding diaryl/α,β-unsaturated/α-hetero) is 1. The van der Waals surface area contributed by atoms with Crippen LogP contribution in [0.15, 0.2) is 18.2 Å². The summed E-state index contributed by atoms with van der Waals surface area (Å²) in [5, 5.41) is 31.5. The Bertz CT molecular complexity index is 1090. The van der Waals surface area contributed by atoms with Crippen LogP contribution in [0.2, 0.25) is 0 Å². The molecular formula is C26H28O6. The zero-order valence-electron chi connectivity index (χ0n) is 18.2. The number of aliphatic hydroxyl groups is 1. The summed E-state index contributed by atoms with van der Waals surface area (Å²) in [7, 11) is 1.47. The average molecular weight is 437 g/mol. The zero-order valence-corrected chi connectivity index (χ0v) is 18.2. The fraction of sp³-hybridized carbons (Fsp3) is 0.423. The molecule has 2 aromatic carbocycles. The number of aliphatic hydroxyl groups excluding tert-OH is 1. The molecule has 0 saturated carbocycles. The molecule has 0 fully saturated rings. The van der Waals surface area contributed by atoms with E-state index in [-0.39, 0.29) is 42.3 Å². The van der Waals surface area contributed by atoms with Crippen LogP contribution in [0.5, 0.6) is 23.0 Å². The van der Waals surface area contributed by atoms with Crippen LogP contribution in [0, 0.1) is 11.8 Å². The summed E-state index contributed by atoms with van der Waals surface area (Å²) in [4.78, 5) is 12.5. The van der Waals surface area contributed by atoms with Crippen LogP contribution in [-0.4, -0.2) is 40.9 Å². The molecule has 0 unspecified atom stereocenters. The highest BCUT2D eigenvalue weighted by Crippen LogP contribution is 2.40. The van der Waals surface area contributed by atoms with Gasteiger partial charge in [-0.05, 0) is 49.3 Å². The molecule has 0 radical (unpaired) electrons. The van der Waals surface area contributed by atoms with E-state index < -0.39 is 6.10 Å². The molecule has 0 spiro atoms. The van der Waals surface area contributed by atoms with E-state index in [1.807, 2.05) is 6.07 Å². The standard InChI is InChI=1S/C26H28O6/c1-31-25-21-5-2-4-18-14-17(22-6-3-13-32-26(22)24(18)30)8-11-20(28)15-19(27)10-7-16(21)9-12-23(25)29/h9,12,14,20,28-30H,3-4,6-8,10-11,13,15H2,1H3/t20-/m1/s1. The van der Waals surface area contributed by atoms with Gasteiger partial charge < -0.3 is 24.8 Å². The Kier molecular flexibility index (Phi) is 6.57. The summed E-state index contributed by atoms with van der Waals surface area (Å²) >= 11 is 0. The predicted octanol–water partition coefficient (Wildman–Crippen LogP) is 3.22. The number of phenolic OH excluding ortho intramolecular Hbond substituents is 2. The number of rotatable bonds is 1. The molecule has 6 nitrogen and oxygen atoms in total. The van der Waals surface area contributed by atoms with E-state index >= 15 is 0 Å². The van der Waals surface area contributed by atoms with Crippen LogP contribution in [0.4, 0.5) is 0 Å². The molecule has 2 aromatic rings. The molecule has 1 aliphatic carbocycles. The number of fused-ring (bicyclic) bond motifs is 5. The third kappa shape index (κ3) is 4.53. The zero-order chi connectivity index (χ0) is 22.7. The minimum absolute atomic E-state index is 0.0184. The van der Waals surface area contributed by atoms with E-state index in [1.54, 1.807) is 6.07 Å². The van der Waals surface area contributed by atoms with Crippen molar-refractivity contribution in [2.24, 2.45) is 0 Å². The van der Waals surface area contributed by atoms with Crippen molar-refractivity contribution < 1.29 is 29.6 Å². The fourth-order valence-corrected chi connectivity index (χ4v) is 4.47. The molecule has 2 aliphatic rings. The monoisotopic (exact) mass is 436 g/mol. The van der Waals surface area contributed by atoms with Gasteiger partial charge in [0.1, 0.15) is 5.78 Å². The van der Waals surface area contributed by atoms with Gasteiger partial charge in [0.05, 0.1) is 25.4 Å². The van der Waals surface area contributed by atoms with Gasteiger partial charge in [0.2, 0.25) is 0 Å². The minimum Gasteiger partial charge on any atom is -0.504 e. The van der Waals surface area contributed by atoms with Gasteiger partial charge in [0, 0.05) is 30.4 Å². The van der Waals surface area contributed by atoms with E-state index in [2.05, 4.69) is 11.8 Å². The maximum absolute atomic E-state index is 12.5. The second kappa shape index (κ2) is 9.54. The van der Waals surface area contributed by atoms with Crippen molar-refractivity contribution in [3.05, 3.63) is 46.0 Å². The molecule has 6 heteroatoms. The summed E-state index contributed by atoms with van der Waals surface area (Å²) in [5.74, 6) is 7.04. The predicted molar refractivity (Wildman–Crippen MR) is 119 cm³/mol. The number of carbonyl (C=O) groups excluding carboxylic acids is 1. The highest BCUT2D eigenvalue weighted by Gasteiger charge is 2.23. The number of ether oxygens (including phenoxy) is 2. The van der Waals surface area contributed by atoms with Gasteiger partial charge in [-0.2, -0.15) is 0 Å². The molecular weight excluding hydrogens is 408 g/mol. The van der Waals surface area contributed by atoms with E-state index in [4.69, 9.17) is 9.47 Å². The van der Waals surface area contributed by atoms with Gasteiger partial charge in [-0.3, -0.25) is 4.79 Å². The van der Waals surface area contributed by atoms with Crippen LogP contribution in [0.25, 0.3) is 0 Å². The third-order valence-electron chi connectivity index (χ3n) is 6.15. The molecule has 3 N–H and O–H groups in total. The van der Waals surface area contributed by atoms with E-state index in [0.717, 1.165) is 29.5 Å². The summed E-state index contributed by atoms with van der Waals surface area (Å²) in [5.41, 5.74) is 3.99. The molecule has 1 heterocycles. The van der Waals surface area contributed by atoms with Gasteiger partial charge in [0.15, 0.2) is 23.0 Å². The number of benzene rings is 2. The number of methoxy groups -OCH3 is 1. The highest BCUT2D eigenvalue weighted by atomic mass is 16.5. The van der Waals surface area contributed by atoms with Gasteiger partial charge in [0.25, 0.3) is 0 Å². The van der Waals surface area contributed by atoms with Crippen molar-refractivity contribution >= 4 is 5.78 Å². The first-order valence-corrected chi connectivity index (χ1v) is 11.0. The highest BCUT2D eigenvalue weighted by molar-refractivity contribution is 5.79. The second-order valence-corrected chi connectivity index (χ2v) is 8.37. The number of hydrogen-bond donors (Lipinski definition) is 3. The fourth-order valence-electron chi connectivity index (χ4n) is 4.47. The van der Waals surface area contributed by atoms with Crippen molar-refractivity contribution in [1.29, 1.82) is 0 Å². The summed E-state index contributed by atoms with van der Waals surface area (Å²) in [6.07, 6.45) is 3.12. The molecule has 0 amide bonds. The van der Waals surface area contributed by atoms with Crippen LogP contribution in [0.1, 0.15) is 53.5 Å². The lowest BCUT2D eigenvalue weighted by molar-refractivity contribution is -0.121. The van der Waals surface area contributed by atoms with Gasteiger partial charge >= 0.3 is 0 Å². The Morgan fingerprint density at radius 2 is 1.94 bits per heavy atom. The van der Waals surface area contributed by atoms with Crippen LogP contribution < -0.4 is 9.47 Å². The maximum Gasteiger partial charge on any atom is 0.176 e. The normalized spacial score (nSPS) is 18.7. The van der Waals surface area contributed by atoms with E-state index in [1.165, 1.54) is 13.2 Å². The lowest BCUT2D eigenvalue weighted by Crippen LogP contribution is -2.16. The quantitative estimate of drug-likeness (QED) is 0.594. The number of aryl methyl sites for hydroxylation is 2. The number of aromatic hydroxyl groups is 2. The smallest absolute Gasteiger partial charge is 0.176 e. The van der Waals surface area contributed by atoms with E-state index in [9.17, 15) is 20.1 Å². The van der Waals surface area contributed by atoms with Crippen molar-refractivity contribution in [1.82, 2.24) is 0 Å². The van der Waals surface area contributed by atoms with Crippen molar-refractivity contribution in [3.8, 4) is 34.8 Å². The third-order valence-corrected chi connectivity index (χ3v) is 6.15. The molecule has 2 bridgehead atoms. The molecule has 0 saturated heterocycles. The van der Waals surface area contributed by atoms with Crippen molar-refractivity contribution in [3.63, 3.8) is 0 Å². The summed E-state index contributed by atoms with van der Waals surface area (Å²) < 4.78 is 11.2. The number of carbonyl (C=O) groups is 1. The van der Waals surface area contributed by atoms with Crippen LogP contribution in [-0.2, 0) is 30.5 Å². The van der Waals surface area contributed by atoms with Gasteiger partial charge in [-0.25, -0.2) is 0 Å². The molecule has 1 aliphatic heterocycles. The maximum atomic E-state index is 12.5. The van der Waals surface area contributed by atoms with Gasteiger partial charge in [-0.15, -0.1) is 0 Å². The Hall–Kier alpha value is -3.17. The van der Waals surface area contributed by atoms with Crippen LogP contribution in [0.3, 0.4) is 0 Å². The number of hydrogen-bond acceptors (Lipinski definition) is 6. The molecule has 32 heavy (non-hydrogen) atoms. The summed E-state index contributed by atoms with van der Waals surface area (Å²) in [6.45, 7) is 0.552. The first-order valence-electron chi connectivity index (χ1n) is 11.0. The molecule has 1 atom stereocenters. The Labute approximate surface area is 187 Å². The van der Waals surface area contributed by atoms with Crippen LogP contribution >= 0.6 is 0 Å². The van der Waals surface area contributed by atoms with E-state index in [0.29, 0.717) is 42.7 Å². The second-order valence-electron chi connectivity index (χ2n) is 8.37. The SMILES string of the molecule is COc1c(O)ccc2c1C#CCc1cc(c3c(c1O)OCCC3)CC[C@@H](O)CC(=O)CC2. The lowest BCUT2D eigenvalue weighted by Gasteiger charge is -2.23. The topological polar surface area (TPSA) is 96.2 Å². The molecule has 4 rings (SSSR count). The minimum atomic E-state index is -0.727. The number of phenols is 2. The van der Waals surface area contributed by atoms with Gasteiger partial charge in [-0.1, -0.05) is 24.0 Å². The first kappa shape index (κ1) is 22.0. The Morgan fingerprint density at radius 1 is 1.09 bits per heavy atom. The van der Waals surface area contributed by atoms with Crippen molar-refractivity contribution in [2.45, 2.75) is 57.5 Å². The van der Waals surface area contributed by atoms with Crippen molar-refractivity contribution in [2.75, 3.05) is 13.7 Å². The summed E-state index contributed by atoms with van der Waals surface area (Å²) in [6, 6.07) is 5.21. The lowest BCUT2D eigenvalue weighted by atomic mass is 9.91. The average Bonchev–Trinajstić information content (AvgIpc) is 2.79. The Balaban J connectivity index is 1.80. The first-order chi connectivity index (χ1) is 15.5. The Morgan fingerprint density at radius 3 is 2.75 bits per heavy atom. The number of ketones is 1. The molecule has 0 aromatic heterocycles. The molecule has 168 valence electrons. The largest absolute Gasteiger partial charge is 0.504 e.